The van der Waals surface area contributed by atoms with E-state index in [0.29, 0.717) is 35.6 Å². The number of hydrogen-bond acceptors (Lipinski definition) is 7. The van der Waals surface area contributed by atoms with E-state index in [0.717, 1.165) is 5.12 Å². The van der Waals surface area contributed by atoms with Gasteiger partial charge in [0, 0.05) is 30.9 Å². The van der Waals surface area contributed by atoms with Gasteiger partial charge < -0.3 is 15.4 Å². The molecule has 10 heteroatoms. The van der Waals surface area contributed by atoms with Crippen LogP contribution >= 0.6 is 0 Å². The third-order valence-corrected chi connectivity index (χ3v) is 4.31. The molecule has 29 heavy (non-hydrogen) atoms. The molecule has 1 aromatic heterocycles. The normalized spacial score (nSPS) is 17.0. The lowest BCUT2D eigenvalue weighted by molar-refractivity contribution is 0.123. The zero-order valence-corrected chi connectivity index (χ0v) is 16.5. The quantitative estimate of drug-likeness (QED) is 0.324. The van der Waals surface area contributed by atoms with Crippen molar-refractivity contribution < 1.29 is 13.9 Å². The first-order valence-corrected chi connectivity index (χ1v) is 8.96. The molecular weight excluding hydrogens is 377 g/mol. The van der Waals surface area contributed by atoms with Crippen LogP contribution in [0, 0.1) is 5.82 Å². The van der Waals surface area contributed by atoms with Gasteiger partial charge in [0.2, 0.25) is 0 Å². The lowest BCUT2D eigenvalue weighted by Crippen LogP contribution is -2.30. The van der Waals surface area contributed by atoms with E-state index in [4.69, 9.17) is 16.3 Å². The number of carbonyl (C=O) groups is 1. The number of aromatic nitrogens is 1. The molecule has 3 rings (SSSR count). The molecule has 9 nitrogen and oxygen atoms in total. The molecule has 1 aliphatic rings. The molecular formula is C19H24FN7O2. The van der Waals surface area contributed by atoms with Gasteiger partial charge in [-0.05, 0) is 38.4 Å². The molecule has 1 fully saturated rings. The highest BCUT2D eigenvalue weighted by atomic mass is 19.1. The molecule has 1 amide bonds. The molecule has 0 spiro atoms. The number of hydrazone groups is 1. The minimum absolute atomic E-state index is 0.150. The minimum atomic E-state index is -0.477. The maximum Gasteiger partial charge on any atom is 0.414 e. The van der Waals surface area contributed by atoms with Gasteiger partial charge in [-0.25, -0.2) is 20.1 Å². The van der Waals surface area contributed by atoms with Gasteiger partial charge in [0.25, 0.3) is 0 Å². The van der Waals surface area contributed by atoms with Crippen molar-refractivity contribution in [2.45, 2.75) is 6.10 Å². The number of anilines is 1. The van der Waals surface area contributed by atoms with Gasteiger partial charge in [-0.3, -0.25) is 9.88 Å². The minimum Gasteiger partial charge on any atom is -0.443 e. The van der Waals surface area contributed by atoms with Gasteiger partial charge in [-0.2, -0.15) is 0 Å². The summed E-state index contributed by atoms with van der Waals surface area (Å²) in [5, 5.41) is 4.95. The van der Waals surface area contributed by atoms with Gasteiger partial charge in [0.1, 0.15) is 17.6 Å². The van der Waals surface area contributed by atoms with Crippen LogP contribution in [0.25, 0.3) is 11.1 Å². The second kappa shape index (κ2) is 8.41. The van der Waals surface area contributed by atoms with E-state index < -0.39 is 11.9 Å². The maximum atomic E-state index is 14.8. The molecule has 2 aromatic rings. The summed E-state index contributed by atoms with van der Waals surface area (Å²) in [4.78, 5) is 19.7. The van der Waals surface area contributed by atoms with Crippen molar-refractivity contribution in [1.29, 1.82) is 0 Å². The molecule has 2 heterocycles. The standard InChI is InChI=1S/C19H24FN7O2/c1-25(2)10-14-11-27(19(28)29-14)13-5-6-15(16(20)8-13)12-4-7-17(23-9-12)18(21)24-26(3)22/h4-9,14H,10-11,22H2,1-3H3,(H2,21,24). The molecule has 154 valence electrons. The second-order valence-corrected chi connectivity index (χ2v) is 7.03. The lowest BCUT2D eigenvalue weighted by atomic mass is 10.1. The van der Waals surface area contributed by atoms with Crippen LogP contribution in [0.5, 0.6) is 0 Å². The fourth-order valence-electron chi connectivity index (χ4n) is 3.07. The van der Waals surface area contributed by atoms with Gasteiger partial charge in [0.15, 0.2) is 5.84 Å². The first kappa shape index (κ1) is 20.5. The van der Waals surface area contributed by atoms with Crippen molar-refractivity contribution in [2.75, 3.05) is 39.1 Å². The third kappa shape index (κ3) is 4.79. The van der Waals surface area contributed by atoms with Gasteiger partial charge in [-0.1, -0.05) is 6.07 Å². The van der Waals surface area contributed by atoms with Crippen molar-refractivity contribution in [3.8, 4) is 11.1 Å². The summed E-state index contributed by atoms with van der Waals surface area (Å²) in [5.41, 5.74) is 7.60. The summed E-state index contributed by atoms with van der Waals surface area (Å²) in [6.07, 6.45) is 0.773. The molecule has 1 saturated heterocycles. The average Bonchev–Trinajstić information content (AvgIpc) is 3.00. The Morgan fingerprint density at radius 1 is 1.34 bits per heavy atom. The monoisotopic (exact) mass is 401 g/mol. The van der Waals surface area contributed by atoms with Crippen LogP contribution in [-0.4, -0.2) is 67.3 Å². The predicted molar refractivity (Wildman–Crippen MR) is 108 cm³/mol. The van der Waals surface area contributed by atoms with Crippen LogP contribution in [0.4, 0.5) is 14.9 Å². The van der Waals surface area contributed by atoms with E-state index in [2.05, 4.69) is 10.1 Å². The molecule has 0 bridgehead atoms. The summed E-state index contributed by atoms with van der Waals surface area (Å²) in [6, 6.07) is 7.94. The molecule has 1 aliphatic heterocycles. The van der Waals surface area contributed by atoms with Crippen LogP contribution < -0.4 is 16.5 Å². The molecule has 0 radical (unpaired) electrons. The lowest BCUT2D eigenvalue weighted by Gasteiger charge is -2.16. The van der Waals surface area contributed by atoms with Crippen LogP contribution in [0.1, 0.15) is 5.69 Å². The number of nitrogens with zero attached hydrogens (tertiary/aromatic N) is 5. The Morgan fingerprint density at radius 3 is 2.69 bits per heavy atom. The maximum absolute atomic E-state index is 14.8. The van der Waals surface area contributed by atoms with Crippen molar-refractivity contribution in [1.82, 2.24) is 15.0 Å². The number of ether oxygens (including phenoxy) is 1. The summed E-state index contributed by atoms with van der Waals surface area (Å²) in [5.74, 6) is 5.11. The summed E-state index contributed by atoms with van der Waals surface area (Å²) in [7, 11) is 5.34. The van der Waals surface area contributed by atoms with Crippen molar-refractivity contribution in [3.63, 3.8) is 0 Å². The third-order valence-electron chi connectivity index (χ3n) is 4.31. The first-order valence-electron chi connectivity index (χ1n) is 8.96. The fraction of sp³-hybridized carbons (Fsp3) is 0.316. The highest BCUT2D eigenvalue weighted by molar-refractivity contribution is 5.95. The van der Waals surface area contributed by atoms with Crippen LogP contribution in [0.2, 0.25) is 0 Å². The number of amides is 1. The highest BCUT2D eigenvalue weighted by Gasteiger charge is 2.32. The molecule has 1 aromatic carbocycles. The Kier molecular flexibility index (Phi) is 5.95. The smallest absolute Gasteiger partial charge is 0.414 e. The Labute approximate surface area is 168 Å². The van der Waals surface area contributed by atoms with Gasteiger partial charge in [0.05, 0.1) is 12.2 Å². The highest BCUT2D eigenvalue weighted by Crippen LogP contribution is 2.29. The number of halogens is 1. The Hall–Kier alpha value is -3.24. The summed E-state index contributed by atoms with van der Waals surface area (Å²) < 4.78 is 20.1. The van der Waals surface area contributed by atoms with E-state index in [1.54, 1.807) is 24.3 Å². The van der Waals surface area contributed by atoms with E-state index in [1.807, 2.05) is 19.0 Å². The zero-order chi connectivity index (χ0) is 21.1. The van der Waals surface area contributed by atoms with Gasteiger partial charge >= 0.3 is 6.09 Å². The van der Waals surface area contributed by atoms with Crippen molar-refractivity contribution >= 4 is 17.6 Å². The van der Waals surface area contributed by atoms with Crippen LogP contribution in [0.15, 0.2) is 41.6 Å². The molecule has 1 unspecified atom stereocenters. The number of hydrazine groups is 1. The largest absolute Gasteiger partial charge is 0.443 e. The fourth-order valence-corrected chi connectivity index (χ4v) is 3.07. The molecule has 0 saturated carbocycles. The number of pyridine rings is 1. The second-order valence-electron chi connectivity index (χ2n) is 7.03. The van der Waals surface area contributed by atoms with E-state index >= 15 is 0 Å². The Balaban J connectivity index is 1.79. The number of likely N-dealkylation sites (N-methyl/N-ethyl adjacent to an activating group) is 1. The topological polar surface area (TPSA) is 113 Å². The number of nitrogens with two attached hydrogens (primary N) is 2. The zero-order valence-electron chi connectivity index (χ0n) is 16.5. The Bertz CT molecular complexity index is 915. The molecule has 4 N–H and O–H groups in total. The van der Waals surface area contributed by atoms with Crippen LogP contribution in [-0.2, 0) is 4.74 Å². The van der Waals surface area contributed by atoms with E-state index in [1.165, 1.54) is 24.2 Å². The number of amidine groups is 1. The number of hydrogen-bond donors (Lipinski definition) is 2. The average molecular weight is 401 g/mol. The summed E-state index contributed by atoms with van der Waals surface area (Å²) >= 11 is 0. The van der Waals surface area contributed by atoms with E-state index in [9.17, 15) is 9.18 Å². The molecule has 1 atom stereocenters. The number of rotatable bonds is 6. The Morgan fingerprint density at radius 2 is 2.10 bits per heavy atom. The SMILES string of the molecule is CN(C)CC1CN(c2ccc(-c3ccc(/C(N)=N/N(C)N)nc3)c(F)c2)C(=O)O1. The van der Waals surface area contributed by atoms with Crippen molar-refractivity contribution in [3.05, 3.63) is 48.0 Å². The van der Waals surface area contributed by atoms with Crippen molar-refractivity contribution in [2.24, 2.45) is 16.7 Å². The number of carbonyl (C=O) groups excluding carboxylic acids is 1. The van der Waals surface area contributed by atoms with Gasteiger partial charge in [-0.15, -0.1) is 5.10 Å². The number of benzene rings is 1. The number of cyclic esters (lactones) is 1. The summed E-state index contributed by atoms with van der Waals surface area (Å²) in [6.45, 7) is 0.980. The predicted octanol–water partition coefficient (Wildman–Crippen LogP) is 1.20. The molecule has 0 aliphatic carbocycles. The van der Waals surface area contributed by atoms with Crippen LogP contribution in [0.3, 0.4) is 0 Å². The van der Waals surface area contributed by atoms with E-state index in [-0.39, 0.29) is 11.9 Å². The first-order chi connectivity index (χ1) is 13.7.